The van der Waals surface area contributed by atoms with Crippen LogP contribution in [0.15, 0.2) is 84.6 Å². The quantitative estimate of drug-likeness (QED) is 0.497. The lowest BCUT2D eigenvalue weighted by Gasteiger charge is -2.26. The van der Waals surface area contributed by atoms with Gasteiger partial charge in [-0.2, -0.15) is 13.2 Å². The third-order valence-corrected chi connectivity index (χ3v) is 5.75. The average Bonchev–Trinajstić information content (AvgIpc) is 3.04. The van der Waals surface area contributed by atoms with Crippen molar-refractivity contribution in [1.82, 2.24) is 4.90 Å². The second kappa shape index (κ2) is 8.54. The van der Waals surface area contributed by atoms with E-state index in [2.05, 4.69) is 0 Å². The molecule has 1 unspecified atom stereocenters. The molecule has 1 atom stereocenters. The summed E-state index contributed by atoms with van der Waals surface area (Å²) in [5.74, 6) is -0.920. The number of alkyl halides is 3. The number of aliphatic hydroxyl groups excluding tert-OH is 1. The molecular formula is C26H22F3NO2. The molecule has 3 aromatic rings. The van der Waals surface area contributed by atoms with Gasteiger partial charge in [0, 0.05) is 12.1 Å². The molecule has 0 aliphatic carbocycles. The predicted molar refractivity (Wildman–Crippen MR) is 117 cm³/mol. The van der Waals surface area contributed by atoms with Gasteiger partial charge in [0.25, 0.3) is 5.91 Å². The minimum atomic E-state index is -4.44. The number of halogens is 3. The molecule has 0 spiro atoms. The van der Waals surface area contributed by atoms with Crippen LogP contribution in [0.4, 0.5) is 13.2 Å². The largest absolute Gasteiger partial charge is 0.503 e. The number of amides is 1. The zero-order valence-corrected chi connectivity index (χ0v) is 17.4. The molecule has 164 valence electrons. The lowest BCUT2D eigenvalue weighted by Crippen LogP contribution is -2.34. The van der Waals surface area contributed by atoms with E-state index in [1.54, 1.807) is 4.90 Å². The smallest absolute Gasteiger partial charge is 0.416 e. The highest BCUT2D eigenvalue weighted by atomic mass is 19.4. The maximum absolute atomic E-state index is 12.9. The van der Waals surface area contributed by atoms with E-state index < -0.39 is 29.4 Å². The Bertz CT molecular complexity index is 1130. The van der Waals surface area contributed by atoms with Gasteiger partial charge < -0.3 is 10.0 Å². The van der Waals surface area contributed by atoms with Crippen molar-refractivity contribution in [3.05, 3.63) is 101 Å². The number of hydrogen-bond donors (Lipinski definition) is 1. The third kappa shape index (κ3) is 4.13. The monoisotopic (exact) mass is 437 g/mol. The van der Waals surface area contributed by atoms with Crippen LogP contribution >= 0.6 is 0 Å². The van der Waals surface area contributed by atoms with Gasteiger partial charge in [0.15, 0.2) is 5.76 Å². The first-order valence-electron chi connectivity index (χ1n) is 10.4. The molecule has 32 heavy (non-hydrogen) atoms. The molecule has 3 aromatic carbocycles. The molecule has 3 nitrogen and oxygen atoms in total. The summed E-state index contributed by atoms with van der Waals surface area (Å²) in [4.78, 5) is 14.4. The van der Waals surface area contributed by atoms with Crippen molar-refractivity contribution in [2.75, 3.05) is 0 Å². The van der Waals surface area contributed by atoms with Crippen molar-refractivity contribution in [3.63, 3.8) is 0 Å². The number of hydrogen-bond acceptors (Lipinski definition) is 2. The summed E-state index contributed by atoms with van der Waals surface area (Å²) < 4.78 is 38.7. The van der Waals surface area contributed by atoms with Gasteiger partial charge in [-0.3, -0.25) is 4.79 Å². The second-order valence-electron chi connectivity index (χ2n) is 7.76. The SMILES string of the molecule is CCC1C(c2ccc(C(F)(F)F)cc2)=C(O)C(=O)N1Cc1ccc(-c2ccccc2)cc1. The van der Waals surface area contributed by atoms with E-state index >= 15 is 0 Å². The van der Waals surface area contributed by atoms with Gasteiger partial charge in [-0.25, -0.2) is 0 Å². The van der Waals surface area contributed by atoms with Crippen LogP contribution in [0, 0.1) is 0 Å². The van der Waals surface area contributed by atoms with Gasteiger partial charge in [-0.15, -0.1) is 0 Å². The summed E-state index contributed by atoms with van der Waals surface area (Å²) in [6.07, 6.45) is -3.92. The minimum absolute atomic E-state index is 0.292. The molecule has 1 aliphatic heterocycles. The normalized spacial score (nSPS) is 16.7. The molecule has 1 N–H and O–H groups in total. The van der Waals surface area contributed by atoms with Crippen molar-refractivity contribution in [2.45, 2.75) is 32.1 Å². The van der Waals surface area contributed by atoms with E-state index in [-0.39, 0.29) is 0 Å². The van der Waals surface area contributed by atoms with Crippen molar-refractivity contribution in [3.8, 4) is 11.1 Å². The van der Waals surface area contributed by atoms with E-state index in [4.69, 9.17) is 0 Å². The van der Waals surface area contributed by atoms with Gasteiger partial charge in [0.05, 0.1) is 11.6 Å². The predicted octanol–water partition coefficient (Wildman–Crippen LogP) is 6.46. The summed E-state index contributed by atoms with van der Waals surface area (Å²) in [5, 5.41) is 10.5. The summed E-state index contributed by atoms with van der Waals surface area (Å²) in [7, 11) is 0. The van der Waals surface area contributed by atoms with Crippen LogP contribution in [-0.2, 0) is 17.5 Å². The van der Waals surface area contributed by atoms with E-state index in [9.17, 15) is 23.1 Å². The Balaban J connectivity index is 1.57. The van der Waals surface area contributed by atoms with Crippen molar-refractivity contribution in [2.24, 2.45) is 0 Å². The van der Waals surface area contributed by atoms with Crippen LogP contribution in [0.25, 0.3) is 16.7 Å². The average molecular weight is 437 g/mol. The Morgan fingerprint density at radius 1 is 0.844 bits per heavy atom. The van der Waals surface area contributed by atoms with Crippen LogP contribution in [0.5, 0.6) is 0 Å². The number of carbonyl (C=O) groups excluding carboxylic acids is 1. The fourth-order valence-corrected chi connectivity index (χ4v) is 4.11. The molecule has 0 fully saturated rings. The zero-order chi connectivity index (χ0) is 22.9. The first kappa shape index (κ1) is 21.7. The van der Waals surface area contributed by atoms with Crippen LogP contribution in [0.1, 0.15) is 30.0 Å². The Labute approximate surface area is 184 Å². The van der Waals surface area contributed by atoms with Crippen LogP contribution in [-0.4, -0.2) is 22.0 Å². The van der Waals surface area contributed by atoms with Crippen LogP contribution in [0.2, 0.25) is 0 Å². The number of rotatable bonds is 5. The molecule has 0 saturated heterocycles. The first-order valence-corrected chi connectivity index (χ1v) is 10.4. The van der Waals surface area contributed by atoms with E-state index in [1.165, 1.54) is 12.1 Å². The summed E-state index contributed by atoms with van der Waals surface area (Å²) in [6, 6.07) is 21.9. The molecule has 0 radical (unpaired) electrons. The third-order valence-electron chi connectivity index (χ3n) is 5.75. The first-order chi connectivity index (χ1) is 15.3. The van der Waals surface area contributed by atoms with E-state index in [0.29, 0.717) is 24.1 Å². The lowest BCUT2D eigenvalue weighted by atomic mass is 9.96. The number of nitrogens with zero attached hydrogens (tertiary/aromatic N) is 1. The van der Waals surface area contributed by atoms with Gasteiger partial charge >= 0.3 is 6.18 Å². The Morgan fingerprint density at radius 2 is 1.41 bits per heavy atom. The number of benzene rings is 3. The Morgan fingerprint density at radius 3 is 1.97 bits per heavy atom. The van der Waals surface area contributed by atoms with Crippen molar-refractivity contribution < 1.29 is 23.1 Å². The fraction of sp³-hybridized carbons (Fsp3) is 0.192. The van der Waals surface area contributed by atoms with Crippen molar-refractivity contribution in [1.29, 1.82) is 0 Å². The number of aliphatic hydroxyl groups is 1. The molecular weight excluding hydrogens is 415 g/mol. The molecule has 1 amide bonds. The topological polar surface area (TPSA) is 40.5 Å². The summed E-state index contributed by atoms with van der Waals surface area (Å²) in [5.41, 5.74) is 3.06. The maximum Gasteiger partial charge on any atom is 0.416 e. The highest BCUT2D eigenvalue weighted by Crippen LogP contribution is 2.37. The van der Waals surface area contributed by atoms with Gasteiger partial charge in [-0.1, -0.05) is 73.7 Å². The standard InChI is InChI=1S/C26H22F3NO2/c1-2-22-23(20-12-14-21(15-13-20)26(27,28)29)24(31)25(32)30(22)16-17-8-10-19(11-9-17)18-6-4-3-5-7-18/h3-15,22,31H,2,16H2,1H3. The van der Waals surface area contributed by atoms with E-state index in [1.807, 2.05) is 61.5 Å². The molecule has 6 heteroatoms. The Hall–Kier alpha value is -3.54. The van der Waals surface area contributed by atoms with Gasteiger partial charge in [-0.05, 0) is 40.8 Å². The molecule has 0 aromatic heterocycles. The van der Waals surface area contributed by atoms with E-state index in [0.717, 1.165) is 28.8 Å². The molecule has 0 bridgehead atoms. The van der Waals surface area contributed by atoms with Crippen LogP contribution < -0.4 is 0 Å². The fourth-order valence-electron chi connectivity index (χ4n) is 4.11. The molecule has 1 heterocycles. The number of carbonyl (C=O) groups is 1. The summed E-state index contributed by atoms with van der Waals surface area (Å²) >= 11 is 0. The second-order valence-corrected chi connectivity index (χ2v) is 7.76. The molecule has 0 saturated carbocycles. The molecule has 1 aliphatic rings. The molecule has 4 rings (SSSR count). The Kier molecular flexibility index (Phi) is 5.78. The zero-order valence-electron chi connectivity index (χ0n) is 17.4. The van der Waals surface area contributed by atoms with Gasteiger partial charge in [0.2, 0.25) is 0 Å². The lowest BCUT2D eigenvalue weighted by molar-refractivity contribution is -0.137. The minimum Gasteiger partial charge on any atom is -0.503 e. The highest BCUT2D eigenvalue weighted by Gasteiger charge is 2.39. The maximum atomic E-state index is 12.9. The van der Waals surface area contributed by atoms with Crippen LogP contribution in [0.3, 0.4) is 0 Å². The summed E-state index contributed by atoms with van der Waals surface area (Å²) in [6.45, 7) is 2.17. The van der Waals surface area contributed by atoms with Gasteiger partial charge in [0.1, 0.15) is 0 Å². The highest BCUT2D eigenvalue weighted by molar-refractivity contribution is 6.05. The van der Waals surface area contributed by atoms with Crippen molar-refractivity contribution >= 4 is 11.5 Å².